The van der Waals surface area contributed by atoms with Crippen molar-refractivity contribution < 1.29 is 14.6 Å². The van der Waals surface area contributed by atoms with Crippen LogP contribution in [-0.2, 0) is 5.41 Å². The Kier molecular flexibility index (Phi) is 5.65. The third-order valence-corrected chi connectivity index (χ3v) is 6.43. The quantitative estimate of drug-likeness (QED) is 0.330. The van der Waals surface area contributed by atoms with Crippen molar-refractivity contribution in [3.05, 3.63) is 119 Å². The van der Waals surface area contributed by atoms with Gasteiger partial charge in [-0.05, 0) is 71.5 Å². The molecule has 4 aromatic rings. The fraction of sp³-hybridized carbons (Fsp3) is 0.200. The minimum absolute atomic E-state index is 0.0153. The largest absolute Gasteiger partial charge is 0.494 e. The fourth-order valence-electron chi connectivity index (χ4n) is 5.04. The summed E-state index contributed by atoms with van der Waals surface area (Å²) in [5.41, 5.74) is 6.99. The van der Waals surface area contributed by atoms with Crippen LogP contribution in [0.2, 0.25) is 0 Å². The van der Waals surface area contributed by atoms with Crippen LogP contribution in [0.5, 0.6) is 11.5 Å². The number of rotatable bonds is 7. The van der Waals surface area contributed by atoms with E-state index in [1.54, 1.807) is 0 Å². The number of hydrogen-bond acceptors (Lipinski definition) is 3. The van der Waals surface area contributed by atoms with Crippen molar-refractivity contribution in [3.63, 3.8) is 0 Å². The van der Waals surface area contributed by atoms with Crippen molar-refractivity contribution in [2.24, 2.45) is 0 Å². The van der Waals surface area contributed by atoms with Gasteiger partial charge in [-0.1, -0.05) is 72.8 Å². The second-order valence-corrected chi connectivity index (χ2v) is 8.43. The molecule has 0 amide bonds. The molecule has 0 saturated carbocycles. The Morgan fingerprint density at radius 1 is 0.697 bits per heavy atom. The Hall–Kier alpha value is -3.56. The summed E-state index contributed by atoms with van der Waals surface area (Å²) >= 11 is 0. The van der Waals surface area contributed by atoms with Crippen LogP contribution >= 0.6 is 0 Å². The van der Waals surface area contributed by atoms with Crippen LogP contribution in [0.1, 0.15) is 36.1 Å². The lowest BCUT2D eigenvalue weighted by Crippen LogP contribution is -2.28. The molecule has 0 saturated heterocycles. The number of ether oxygens (including phenoxy) is 2. The number of aliphatic hydroxyl groups is 1. The molecule has 0 bridgehead atoms. The number of benzene rings is 4. The van der Waals surface area contributed by atoms with E-state index in [-0.39, 0.29) is 12.7 Å². The summed E-state index contributed by atoms with van der Waals surface area (Å²) in [6, 6.07) is 34.1. The summed E-state index contributed by atoms with van der Waals surface area (Å²) in [4.78, 5) is 0. The molecule has 1 aliphatic carbocycles. The van der Waals surface area contributed by atoms with Gasteiger partial charge in [0, 0.05) is 0 Å². The Labute approximate surface area is 195 Å². The molecule has 5 rings (SSSR count). The third kappa shape index (κ3) is 3.49. The zero-order valence-electron chi connectivity index (χ0n) is 19.0. The molecule has 0 fully saturated rings. The molecule has 33 heavy (non-hydrogen) atoms. The molecular weight excluding hydrogens is 408 g/mol. The highest BCUT2D eigenvalue weighted by molar-refractivity contribution is 5.86. The molecule has 1 aliphatic rings. The van der Waals surface area contributed by atoms with Gasteiger partial charge in [-0.3, -0.25) is 0 Å². The SMILES string of the molecule is CCOc1ccc(C2(c3ccc(OC(C)CO)cc3)c3ccccc3-c3ccccc32)cc1. The molecule has 0 aromatic heterocycles. The molecule has 3 nitrogen and oxygen atoms in total. The van der Waals surface area contributed by atoms with Gasteiger partial charge in [0.2, 0.25) is 0 Å². The van der Waals surface area contributed by atoms with Gasteiger partial charge in [0.15, 0.2) is 0 Å². The molecule has 1 atom stereocenters. The monoisotopic (exact) mass is 436 g/mol. The van der Waals surface area contributed by atoms with Gasteiger partial charge in [-0.2, -0.15) is 0 Å². The average molecular weight is 437 g/mol. The van der Waals surface area contributed by atoms with Crippen molar-refractivity contribution in [1.82, 2.24) is 0 Å². The summed E-state index contributed by atoms with van der Waals surface area (Å²) in [6.45, 7) is 4.49. The first kappa shape index (κ1) is 21.3. The van der Waals surface area contributed by atoms with Gasteiger partial charge in [-0.25, -0.2) is 0 Å². The van der Waals surface area contributed by atoms with E-state index < -0.39 is 5.41 Å². The Balaban J connectivity index is 1.74. The first-order valence-corrected chi connectivity index (χ1v) is 11.5. The predicted octanol–water partition coefficient (Wildman–Crippen LogP) is 6.21. The molecule has 3 heteroatoms. The highest BCUT2D eigenvalue weighted by atomic mass is 16.5. The molecule has 0 heterocycles. The zero-order chi connectivity index (χ0) is 22.8. The Morgan fingerprint density at radius 3 is 1.67 bits per heavy atom. The van der Waals surface area contributed by atoms with E-state index in [9.17, 15) is 5.11 Å². The number of aliphatic hydroxyl groups excluding tert-OH is 1. The van der Waals surface area contributed by atoms with E-state index in [1.807, 2.05) is 26.0 Å². The van der Waals surface area contributed by atoms with E-state index >= 15 is 0 Å². The molecule has 4 aromatic carbocycles. The lowest BCUT2D eigenvalue weighted by molar-refractivity contribution is 0.129. The standard InChI is InChI=1S/C30H28O3/c1-3-32-24-16-12-22(13-17-24)30(23-14-18-25(19-15-23)33-21(2)20-31)28-10-6-4-8-26(28)27-9-5-7-11-29(27)30/h4-19,21,31H,3,20H2,1-2H3. The molecule has 0 aliphatic heterocycles. The topological polar surface area (TPSA) is 38.7 Å². The zero-order valence-corrected chi connectivity index (χ0v) is 19.0. The lowest BCUT2D eigenvalue weighted by atomic mass is 9.68. The maximum absolute atomic E-state index is 9.36. The highest BCUT2D eigenvalue weighted by Gasteiger charge is 2.45. The molecule has 0 radical (unpaired) electrons. The molecule has 1 unspecified atom stereocenters. The smallest absolute Gasteiger partial charge is 0.119 e. The molecule has 1 N–H and O–H groups in total. The van der Waals surface area contributed by atoms with Crippen molar-refractivity contribution in [2.45, 2.75) is 25.4 Å². The highest BCUT2D eigenvalue weighted by Crippen LogP contribution is 2.56. The van der Waals surface area contributed by atoms with Gasteiger partial charge >= 0.3 is 0 Å². The number of hydrogen-bond donors (Lipinski definition) is 1. The van der Waals surface area contributed by atoms with Crippen LogP contribution in [0.4, 0.5) is 0 Å². The van der Waals surface area contributed by atoms with E-state index in [0.29, 0.717) is 6.61 Å². The summed E-state index contributed by atoms with van der Waals surface area (Å²) in [6.07, 6.45) is -0.246. The minimum Gasteiger partial charge on any atom is -0.494 e. The van der Waals surface area contributed by atoms with Crippen LogP contribution < -0.4 is 9.47 Å². The van der Waals surface area contributed by atoms with Crippen molar-refractivity contribution in [1.29, 1.82) is 0 Å². The van der Waals surface area contributed by atoms with Crippen molar-refractivity contribution >= 4 is 0 Å². The lowest BCUT2D eigenvalue weighted by Gasteiger charge is -2.34. The van der Waals surface area contributed by atoms with Gasteiger partial charge in [-0.15, -0.1) is 0 Å². The molecule has 0 spiro atoms. The van der Waals surface area contributed by atoms with Gasteiger partial charge in [0.1, 0.15) is 17.6 Å². The summed E-state index contributed by atoms with van der Waals surface area (Å²) in [7, 11) is 0. The van der Waals surface area contributed by atoms with E-state index in [0.717, 1.165) is 11.5 Å². The summed E-state index contributed by atoms with van der Waals surface area (Å²) in [5, 5.41) is 9.36. The third-order valence-electron chi connectivity index (χ3n) is 6.43. The molecule has 166 valence electrons. The van der Waals surface area contributed by atoms with Crippen molar-refractivity contribution in [3.8, 4) is 22.6 Å². The fourth-order valence-corrected chi connectivity index (χ4v) is 5.04. The second-order valence-electron chi connectivity index (χ2n) is 8.43. The number of fused-ring (bicyclic) bond motifs is 3. The van der Waals surface area contributed by atoms with Crippen LogP contribution in [0, 0.1) is 0 Å². The average Bonchev–Trinajstić information content (AvgIpc) is 3.16. The van der Waals surface area contributed by atoms with E-state index in [1.165, 1.54) is 33.4 Å². The first-order chi connectivity index (χ1) is 16.2. The van der Waals surface area contributed by atoms with Gasteiger partial charge in [0.25, 0.3) is 0 Å². The first-order valence-electron chi connectivity index (χ1n) is 11.5. The van der Waals surface area contributed by atoms with Gasteiger partial charge < -0.3 is 14.6 Å². The minimum atomic E-state index is -0.445. The maximum Gasteiger partial charge on any atom is 0.119 e. The van der Waals surface area contributed by atoms with E-state index in [4.69, 9.17) is 9.47 Å². The maximum atomic E-state index is 9.36. The van der Waals surface area contributed by atoms with Crippen LogP contribution in [-0.4, -0.2) is 24.4 Å². The van der Waals surface area contributed by atoms with E-state index in [2.05, 4.69) is 84.9 Å². The predicted molar refractivity (Wildman–Crippen MR) is 132 cm³/mol. The van der Waals surface area contributed by atoms with Crippen LogP contribution in [0.15, 0.2) is 97.1 Å². The Bertz CT molecular complexity index is 1200. The molecular formula is C30H28O3. The second kappa shape index (κ2) is 8.76. The van der Waals surface area contributed by atoms with Gasteiger partial charge in [0.05, 0.1) is 18.6 Å². The summed E-state index contributed by atoms with van der Waals surface area (Å²) < 4.78 is 11.6. The van der Waals surface area contributed by atoms with Crippen LogP contribution in [0.25, 0.3) is 11.1 Å². The Morgan fingerprint density at radius 2 is 1.18 bits per heavy atom. The van der Waals surface area contributed by atoms with Crippen molar-refractivity contribution in [2.75, 3.05) is 13.2 Å². The van der Waals surface area contributed by atoms with Crippen LogP contribution in [0.3, 0.4) is 0 Å². The normalized spacial score (nSPS) is 14.3. The summed E-state index contributed by atoms with van der Waals surface area (Å²) in [5.74, 6) is 1.62.